The molecule has 1 aliphatic heterocycles. The number of likely N-dealkylation sites (tertiary alicyclic amines) is 1. The Labute approximate surface area is 175 Å². The number of carbonyl (C=O) groups excluding carboxylic acids is 1. The molecule has 0 aromatic heterocycles. The Morgan fingerprint density at radius 3 is 2.53 bits per heavy atom. The van der Waals surface area contributed by atoms with Gasteiger partial charge in [-0.2, -0.15) is 0 Å². The number of nitro groups is 1. The summed E-state index contributed by atoms with van der Waals surface area (Å²) in [6.07, 6.45) is 1.69. The van der Waals surface area contributed by atoms with Crippen molar-refractivity contribution in [1.82, 2.24) is 4.90 Å². The fourth-order valence-corrected chi connectivity index (χ4v) is 3.54. The van der Waals surface area contributed by atoms with Gasteiger partial charge in [-0.25, -0.2) is 0 Å². The molecule has 0 aliphatic carbocycles. The molecule has 2 aromatic rings. The predicted octanol–water partition coefficient (Wildman–Crippen LogP) is 3.78. The molecule has 0 spiro atoms. The molecular weight excluding hydrogens is 386 g/mol. The third kappa shape index (κ3) is 5.48. The largest absolute Gasteiger partial charge is 0.490 e. The van der Waals surface area contributed by atoms with E-state index in [0.717, 1.165) is 37.4 Å². The van der Waals surface area contributed by atoms with E-state index >= 15 is 0 Å². The molecule has 0 bridgehead atoms. The number of nitrogens with zero attached hydrogens (tertiary/aromatic N) is 2. The average molecular weight is 413 g/mol. The second kappa shape index (κ2) is 10.1. The smallest absolute Gasteiger partial charge is 0.274 e. The molecule has 30 heavy (non-hydrogen) atoms. The number of piperidine rings is 1. The third-order valence-corrected chi connectivity index (χ3v) is 5.12. The van der Waals surface area contributed by atoms with E-state index in [-0.39, 0.29) is 24.2 Å². The monoisotopic (exact) mass is 413 g/mol. The lowest BCUT2D eigenvalue weighted by Crippen LogP contribution is -2.42. The van der Waals surface area contributed by atoms with E-state index in [9.17, 15) is 14.9 Å². The van der Waals surface area contributed by atoms with Crippen molar-refractivity contribution < 1.29 is 19.2 Å². The number of anilines is 1. The van der Waals surface area contributed by atoms with Crippen molar-refractivity contribution in [2.75, 3.05) is 31.6 Å². The van der Waals surface area contributed by atoms with Gasteiger partial charge >= 0.3 is 0 Å². The lowest BCUT2D eigenvalue weighted by atomic mass is 10.1. The highest BCUT2D eigenvalue weighted by Crippen LogP contribution is 2.29. The maximum Gasteiger partial charge on any atom is 0.274 e. The molecular formula is C22H27N3O5. The molecule has 160 valence electrons. The number of hydrogen-bond acceptors (Lipinski definition) is 6. The van der Waals surface area contributed by atoms with E-state index in [0.29, 0.717) is 17.9 Å². The third-order valence-electron chi connectivity index (χ3n) is 5.12. The molecule has 0 atom stereocenters. The Balaban J connectivity index is 1.50. The molecule has 0 saturated carbocycles. The second-order valence-electron chi connectivity index (χ2n) is 7.23. The molecule has 0 unspecified atom stereocenters. The minimum absolute atomic E-state index is 0.00176. The van der Waals surface area contributed by atoms with E-state index in [2.05, 4.69) is 10.2 Å². The Kier molecular flexibility index (Phi) is 7.24. The fourth-order valence-electron chi connectivity index (χ4n) is 3.54. The van der Waals surface area contributed by atoms with E-state index in [4.69, 9.17) is 9.47 Å². The number of rotatable bonds is 8. The number of nitro benzene ring substituents is 1. The first-order chi connectivity index (χ1) is 14.5. The Morgan fingerprint density at radius 1 is 1.17 bits per heavy atom. The first-order valence-corrected chi connectivity index (χ1v) is 10.1. The number of hydrogen-bond donors (Lipinski definition) is 1. The molecule has 0 radical (unpaired) electrons. The van der Waals surface area contributed by atoms with Crippen LogP contribution in [-0.4, -0.2) is 48.1 Å². The number of carbonyl (C=O) groups is 1. The second-order valence-corrected chi connectivity index (χ2v) is 7.23. The van der Waals surface area contributed by atoms with Crippen LogP contribution < -0.4 is 14.8 Å². The van der Waals surface area contributed by atoms with E-state index < -0.39 is 4.92 Å². The molecule has 1 amide bonds. The standard InChI is InChI=1S/C22H27N3O5/c1-3-29-20-9-4-5-10-21(20)30-17-11-13-24(14-12-17)15-22(26)23-18-7-6-8-19(16(18)2)25(27)28/h4-10,17H,3,11-15H2,1-2H3,(H,23,26). The van der Waals surface area contributed by atoms with Crippen molar-refractivity contribution in [2.45, 2.75) is 32.8 Å². The van der Waals surface area contributed by atoms with E-state index in [1.807, 2.05) is 31.2 Å². The molecule has 1 saturated heterocycles. The first kappa shape index (κ1) is 21.6. The van der Waals surface area contributed by atoms with Crippen LogP contribution in [0.4, 0.5) is 11.4 Å². The molecule has 1 aliphatic rings. The van der Waals surface area contributed by atoms with Crippen LogP contribution in [0.5, 0.6) is 11.5 Å². The lowest BCUT2D eigenvalue weighted by Gasteiger charge is -2.32. The minimum Gasteiger partial charge on any atom is -0.490 e. The van der Waals surface area contributed by atoms with Gasteiger partial charge in [-0.05, 0) is 44.9 Å². The highest BCUT2D eigenvalue weighted by Gasteiger charge is 2.23. The van der Waals surface area contributed by atoms with Gasteiger partial charge in [-0.3, -0.25) is 19.8 Å². The van der Waals surface area contributed by atoms with Crippen LogP contribution in [0.25, 0.3) is 0 Å². The van der Waals surface area contributed by atoms with Crippen LogP contribution in [-0.2, 0) is 4.79 Å². The van der Waals surface area contributed by atoms with Gasteiger partial charge in [0, 0.05) is 19.2 Å². The summed E-state index contributed by atoms with van der Waals surface area (Å²) in [6.45, 7) is 5.88. The summed E-state index contributed by atoms with van der Waals surface area (Å²) < 4.78 is 11.7. The van der Waals surface area contributed by atoms with Crippen molar-refractivity contribution in [3.63, 3.8) is 0 Å². The van der Waals surface area contributed by atoms with Crippen molar-refractivity contribution in [3.05, 3.63) is 58.1 Å². The van der Waals surface area contributed by atoms with Crippen LogP contribution in [0, 0.1) is 17.0 Å². The zero-order chi connectivity index (χ0) is 21.5. The maximum atomic E-state index is 12.4. The molecule has 1 heterocycles. The summed E-state index contributed by atoms with van der Waals surface area (Å²) in [4.78, 5) is 25.1. The van der Waals surface area contributed by atoms with Crippen LogP contribution in [0.1, 0.15) is 25.3 Å². The summed E-state index contributed by atoms with van der Waals surface area (Å²) in [6, 6.07) is 12.3. The van der Waals surface area contributed by atoms with Crippen LogP contribution >= 0.6 is 0 Å². The van der Waals surface area contributed by atoms with Crippen LogP contribution in [0.3, 0.4) is 0 Å². The van der Waals surface area contributed by atoms with Gasteiger partial charge in [0.25, 0.3) is 5.69 Å². The molecule has 8 nitrogen and oxygen atoms in total. The molecule has 1 N–H and O–H groups in total. The lowest BCUT2D eigenvalue weighted by molar-refractivity contribution is -0.385. The van der Waals surface area contributed by atoms with Crippen molar-refractivity contribution in [3.8, 4) is 11.5 Å². The zero-order valence-corrected chi connectivity index (χ0v) is 17.3. The summed E-state index contributed by atoms with van der Waals surface area (Å²) in [5, 5.41) is 13.9. The summed E-state index contributed by atoms with van der Waals surface area (Å²) >= 11 is 0. The van der Waals surface area contributed by atoms with Gasteiger partial charge in [0.2, 0.25) is 5.91 Å². The summed E-state index contributed by atoms with van der Waals surface area (Å²) in [7, 11) is 0. The molecule has 3 rings (SSSR count). The fraction of sp³-hybridized carbons (Fsp3) is 0.409. The number of benzene rings is 2. The number of para-hydroxylation sites is 2. The minimum atomic E-state index is -0.445. The normalized spacial score (nSPS) is 14.9. The Bertz CT molecular complexity index is 894. The van der Waals surface area contributed by atoms with E-state index in [1.54, 1.807) is 19.1 Å². The summed E-state index contributed by atoms with van der Waals surface area (Å²) in [5.41, 5.74) is 0.925. The topological polar surface area (TPSA) is 93.9 Å². The van der Waals surface area contributed by atoms with Gasteiger partial charge < -0.3 is 14.8 Å². The van der Waals surface area contributed by atoms with Crippen molar-refractivity contribution >= 4 is 17.3 Å². The predicted molar refractivity (Wildman–Crippen MR) is 114 cm³/mol. The van der Waals surface area contributed by atoms with Crippen LogP contribution in [0.15, 0.2) is 42.5 Å². The SMILES string of the molecule is CCOc1ccccc1OC1CCN(CC(=O)Nc2cccc([N+](=O)[O-])c2C)CC1. The Morgan fingerprint density at radius 2 is 1.87 bits per heavy atom. The van der Waals surface area contributed by atoms with Gasteiger partial charge in [0.1, 0.15) is 6.10 Å². The number of amides is 1. The highest BCUT2D eigenvalue weighted by atomic mass is 16.6. The molecule has 8 heteroatoms. The molecule has 1 fully saturated rings. The molecule has 2 aromatic carbocycles. The summed E-state index contributed by atoms with van der Waals surface area (Å²) in [5.74, 6) is 1.31. The van der Waals surface area contributed by atoms with E-state index in [1.165, 1.54) is 6.07 Å². The maximum absolute atomic E-state index is 12.4. The van der Waals surface area contributed by atoms with Gasteiger partial charge in [-0.15, -0.1) is 0 Å². The van der Waals surface area contributed by atoms with Gasteiger partial charge in [0.05, 0.1) is 29.3 Å². The average Bonchev–Trinajstić information content (AvgIpc) is 2.72. The van der Waals surface area contributed by atoms with Gasteiger partial charge in [-0.1, -0.05) is 18.2 Å². The highest BCUT2D eigenvalue weighted by molar-refractivity contribution is 5.93. The number of ether oxygens (including phenoxy) is 2. The van der Waals surface area contributed by atoms with Crippen LogP contribution in [0.2, 0.25) is 0 Å². The van der Waals surface area contributed by atoms with Gasteiger partial charge in [0.15, 0.2) is 11.5 Å². The zero-order valence-electron chi connectivity index (χ0n) is 17.3. The van der Waals surface area contributed by atoms with Crippen molar-refractivity contribution in [1.29, 1.82) is 0 Å². The Hall–Kier alpha value is -3.13. The first-order valence-electron chi connectivity index (χ1n) is 10.1. The number of nitrogens with one attached hydrogen (secondary N) is 1. The van der Waals surface area contributed by atoms with Crippen molar-refractivity contribution in [2.24, 2.45) is 0 Å². The quantitative estimate of drug-likeness (QED) is 0.523.